The highest BCUT2D eigenvalue weighted by Gasteiger charge is 2.31. The highest BCUT2D eigenvalue weighted by molar-refractivity contribution is 5.95. The van der Waals surface area contributed by atoms with E-state index in [0.717, 1.165) is 0 Å². The minimum Gasteiger partial charge on any atom is -0.480 e. The Morgan fingerprint density at radius 2 is 0.889 bits per heavy atom. The number of amides is 7. The number of aliphatic carboxylic acids is 1. The summed E-state index contributed by atoms with van der Waals surface area (Å²) in [5.41, 5.74) is 25.7. The fraction of sp³-hybridized carbons (Fsp3) is 0.579. The highest BCUT2D eigenvalue weighted by atomic mass is 16.4. The van der Waals surface area contributed by atoms with Crippen molar-refractivity contribution in [1.82, 2.24) is 16.0 Å². The summed E-state index contributed by atoms with van der Waals surface area (Å²) in [6.07, 6.45) is -2.68. The zero-order chi connectivity index (χ0) is 28.0. The van der Waals surface area contributed by atoms with E-state index in [9.17, 15) is 43.5 Å². The van der Waals surface area contributed by atoms with E-state index in [1.807, 2.05) is 0 Å². The molecule has 0 rings (SSSR count). The van der Waals surface area contributed by atoms with E-state index in [1.54, 1.807) is 0 Å². The van der Waals surface area contributed by atoms with Crippen LogP contribution in [-0.2, 0) is 38.4 Å². The van der Waals surface area contributed by atoms with Crippen LogP contribution in [0.2, 0.25) is 0 Å². The van der Waals surface area contributed by atoms with Gasteiger partial charge < -0.3 is 49.7 Å². The van der Waals surface area contributed by atoms with E-state index in [2.05, 4.69) is 16.0 Å². The second kappa shape index (κ2) is 15.6. The molecule has 0 aromatic rings. The zero-order valence-electron chi connectivity index (χ0n) is 19.4. The molecule has 0 aliphatic heterocycles. The lowest BCUT2D eigenvalue weighted by molar-refractivity contribution is -0.142. The average Bonchev–Trinajstić information content (AvgIpc) is 2.75. The Morgan fingerprint density at radius 3 is 1.22 bits per heavy atom. The first kappa shape index (κ1) is 31.7. The highest BCUT2D eigenvalue weighted by Crippen LogP contribution is 2.05. The van der Waals surface area contributed by atoms with Crippen molar-refractivity contribution in [2.75, 3.05) is 0 Å². The van der Waals surface area contributed by atoms with Gasteiger partial charge in [-0.25, -0.2) is 4.79 Å². The molecule has 17 nitrogen and oxygen atoms in total. The van der Waals surface area contributed by atoms with Crippen LogP contribution in [-0.4, -0.2) is 76.6 Å². The van der Waals surface area contributed by atoms with Crippen molar-refractivity contribution >= 4 is 47.3 Å². The summed E-state index contributed by atoms with van der Waals surface area (Å²) in [4.78, 5) is 93.5. The maximum Gasteiger partial charge on any atom is 0.326 e. The standard InChI is InChI=1S/C19H32N8O9/c20-8(7-15(24)31)16(32)25-9(1-4-12(21)28)17(33)26-10(2-5-13(22)29)18(34)27-11(19(35)36)3-6-14(23)30/h8-11H,1-7,20H2,(H2,21,28)(H2,22,29)(H2,23,30)(H2,24,31)(H,25,32)(H,26,33)(H,27,34)(H,35,36)/t8-,9-,10-,11-/m0/s1. The third kappa shape index (κ3) is 13.4. The molecule has 0 heterocycles. The van der Waals surface area contributed by atoms with Crippen molar-refractivity contribution in [3.05, 3.63) is 0 Å². The number of hydrogen-bond acceptors (Lipinski definition) is 9. The number of carboxylic acids is 1. The van der Waals surface area contributed by atoms with Crippen LogP contribution in [0.15, 0.2) is 0 Å². The van der Waals surface area contributed by atoms with Crippen LogP contribution in [0.1, 0.15) is 44.9 Å². The summed E-state index contributed by atoms with van der Waals surface area (Å²) in [7, 11) is 0. The summed E-state index contributed by atoms with van der Waals surface area (Å²) in [6.45, 7) is 0. The molecule has 4 atom stereocenters. The monoisotopic (exact) mass is 516 g/mol. The molecule has 0 bridgehead atoms. The van der Waals surface area contributed by atoms with Gasteiger partial charge in [0.1, 0.15) is 18.1 Å². The molecule has 0 aromatic heterocycles. The maximum atomic E-state index is 12.8. The van der Waals surface area contributed by atoms with Crippen LogP contribution in [0.4, 0.5) is 0 Å². The minimum absolute atomic E-state index is 0.323. The Bertz CT molecular complexity index is 879. The van der Waals surface area contributed by atoms with Gasteiger partial charge in [-0.15, -0.1) is 0 Å². The normalized spacial score (nSPS) is 13.8. The second-order valence-electron chi connectivity index (χ2n) is 7.81. The summed E-state index contributed by atoms with van der Waals surface area (Å²) in [6, 6.07) is -5.93. The number of carboxylic acid groups (broad SMARTS) is 1. The number of rotatable bonds is 18. The largest absolute Gasteiger partial charge is 0.480 e. The first-order valence-electron chi connectivity index (χ1n) is 10.7. The molecule has 0 aromatic carbocycles. The van der Waals surface area contributed by atoms with Gasteiger partial charge in [0.2, 0.25) is 41.4 Å². The molecule has 0 saturated carbocycles. The molecular formula is C19H32N8O9. The van der Waals surface area contributed by atoms with E-state index in [0.29, 0.717) is 0 Å². The van der Waals surface area contributed by atoms with Crippen molar-refractivity contribution in [2.24, 2.45) is 28.7 Å². The molecule has 14 N–H and O–H groups in total. The molecule has 7 amide bonds. The van der Waals surface area contributed by atoms with Crippen molar-refractivity contribution in [2.45, 2.75) is 69.1 Å². The molecule has 0 saturated heterocycles. The molecule has 36 heavy (non-hydrogen) atoms. The topological polar surface area (TPSA) is 323 Å². The van der Waals surface area contributed by atoms with Crippen LogP contribution in [0.5, 0.6) is 0 Å². The predicted octanol–water partition coefficient (Wildman–Crippen LogP) is -5.48. The second-order valence-corrected chi connectivity index (χ2v) is 7.81. The van der Waals surface area contributed by atoms with Gasteiger partial charge in [-0.3, -0.25) is 33.6 Å². The van der Waals surface area contributed by atoms with E-state index >= 15 is 0 Å². The number of nitrogens with one attached hydrogen (secondary N) is 3. The van der Waals surface area contributed by atoms with Gasteiger partial charge in [0.15, 0.2) is 0 Å². The van der Waals surface area contributed by atoms with Crippen molar-refractivity contribution in [3.63, 3.8) is 0 Å². The Morgan fingerprint density at radius 1 is 0.556 bits per heavy atom. The molecule has 17 heteroatoms. The Kier molecular flexibility index (Phi) is 13.7. The van der Waals surface area contributed by atoms with Crippen molar-refractivity contribution < 1.29 is 43.5 Å². The van der Waals surface area contributed by atoms with Crippen LogP contribution in [0.25, 0.3) is 0 Å². The molecular weight excluding hydrogens is 484 g/mol. The number of primary amides is 4. The lowest BCUT2D eigenvalue weighted by atomic mass is 10.0. The molecule has 0 radical (unpaired) electrons. The van der Waals surface area contributed by atoms with E-state index in [1.165, 1.54) is 0 Å². The Balaban J connectivity index is 5.66. The van der Waals surface area contributed by atoms with E-state index in [-0.39, 0.29) is 38.5 Å². The lowest BCUT2D eigenvalue weighted by Gasteiger charge is -2.25. The fourth-order valence-corrected chi connectivity index (χ4v) is 2.79. The van der Waals surface area contributed by atoms with Gasteiger partial charge in [-0.1, -0.05) is 0 Å². The zero-order valence-corrected chi connectivity index (χ0v) is 19.4. The van der Waals surface area contributed by atoms with Crippen molar-refractivity contribution in [1.29, 1.82) is 0 Å². The van der Waals surface area contributed by atoms with Gasteiger partial charge in [0.05, 0.1) is 12.5 Å². The van der Waals surface area contributed by atoms with Crippen LogP contribution >= 0.6 is 0 Å². The van der Waals surface area contributed by atoms with Gasteiger partial charge in [-0.2, -0.15) is 0 Å². The first-order chi connectivity index (χ1) is 16.6. The predicted molar refractivity (Wildman–Crippen MR) is 120 cm³/mol. The summed E-state index contributed by atoms with van der Waals surface area (Å²) >= 11 is 0. The van der Waals surface area contributed by atoms with E-state index in [4.69, 9.17) is 28.7 Å². The molecule has 0 unspecified atom stereocenters. The number of nitrogens with two attached hydrogens (primary N) is 5. The van der Waals surface area contributed by atoms with Gasteiger partial charge in [0, 0.05) is 19.3 Å². The number of carbonyl (C=O) groups excluding carboxylic acids is 7. The fourth-order valence-electron chi connectivity index (χ4n) is 2.79. The quantitative estimate of drug-likeness (QED) is 0.0831. The van der Waals surface area contributed by atoms with Gasteiger partial charge in [0.25, 0.3) is 0 Å². The van der Waals surface area contributed by atoms with Crippen LogP contribution in [0, 0.1) is 0 Å². The summed E-state index contributed by atoms with van der Waals surface area (Å²) < 4.78 is 0. The Hall–Kier alpha value is -4.28. The third-order valence-electron chi connectivity index (χ3n) is 4.68. The van der Waals surface area contributed by atoms with Gasteiger partial charge in [-0.05, 0) is 19.3 Å². The Labute approximate surface area is 205 Å². The molecule has 0 aliphatic carbocycles. The molecule has 0 fully saturated rings. The molecule has 0 spiro atoms. The van der Waals surface area contributed by atoms with Crippen molar-refractivity contribution in [3.8, 4) is 0 Å². The maximum absolute atomic E-state index is 12.8. The molecule has 0 aliphatic rings. The average molecular weight is 517 g/mol. The summed E-state index contributed by atoms with van der Waals surface area (Å²) in [5, 5.41) is 15.9. The minimum atomic E-state index is -1.55. The number of hydrogen-bond donors (Lipinski definition) is 9. The molecule has 202 valence electrons. The lowest BCUT2D eigenvalue weighted by Crippen LogP contribution is -2.57. The first-order valence-corrected chi connectivity index (χ1v) is 10.7. The van der Waals surface area contributed by atoms with Crippen LogP contribution in [0.3, 0.4) is 0 Å². The number of carbonyl (C=O) groups is 8. The van der Waals surface area contributed by atoms with Gasteiger partial charge >= 0.3 is 5.97 Å². The SMILES string of the molecule is NC(=O)CC[C@H](NC(=O)[C@H](CCC(N)=O)NC(=O)[C@H](CCC(N)=O)NC(=O)[C@@H](N)CC(N)=O)C(=O)O. The third-order valence-corrected chi connectivity index (χ3v) is 4.68. The van der Waals surface area contributed by atoms with E-state index < -0.39 is 77.9 Å². The smallest absolute Gasteiger partial charge is 0.326 e. The van der Waals surface area contributed by atoms with Crippen LogP contribution < -0.4 is 44.6 Å². The summed E-state index contributed by atoms with van der Waals surface area (Å²) in [5.74, 6) is -7.84.